The van der Waals surface area contributed by atoms with E-state index in [1.165, 1.54) is 28.4 Å². The highest BCUT2D eigenvalue weighted by atomic mass is 32.2. The number of methoxy groups -OCH3 is 4. The van der Waals surface area contributed by atoms with Crippen LogP contribution < -0.4 is 18.9 Å². The lowest BCUT2D eigenvalue weighted by Crippen LogP contribution is -2.31. The zero-order valence-corrected chi connectivity index (χ0v) is 45.9. The third kappa shape index (κ3) is 13.1. The Morgan fingerprint density at radius 1 is 0.553 bits per heavy atom. The minimum Gasteiger partial charge on any atom is -0.494 e. The maximum atomic E-state index is 13.8. The van der Waals surface area contributed by atoms with Crippen LogP contribution in [0.4, 0.5) is 0 Å². The van der Waals surface area contributed by atoms with Crippen LogP contribution in [-0.4, -0.2) is 158 Å². The number of sulfone groups is 2. The highest BCUT2D eigenvalue weighted by molar-refractivity contribution is 7.91. The number of hydrogen-bond acceptors (Lipinski definition) is 22. The van der Waals surface area contributed by atoms with Gasteiger partial charge in [-0.25, -0.2) is 36.8 Å². The van der Waals surface area contributed by atoms with Gasteiger partial charge in [0.25, 0.3) is 0 Å². The number of rotatable bonds is 22. The molecule has 2 aliphatic heterocycles. The van der Waals surface area contributed by atoms with Crippen molar-refractivity contribution in [3.63, 3.8) is 0 Å². The first kappa shape index (κ1) is 57.4. The summed E-state index contributed by atoms with van der Waals surface area (Å²) in [6, 6.07) is 10.6. The average molecular weight is 1100 g/mol. The highest BCUT2D eigenvalue weighted by Crippen LogP contribution is 2.39. The number of aromatic nitrogens is 10. The quantitative estimate of drug-likeness (QED) is 0.0855. The minimum atomic E-state index is -3.86. The Morgan fingerprint density at radius 2 is 0.895 bits per heavy atom. The summed E-state index contributed by atoms with van der Waals surface area (Å²) in [5.74, 6) is 2.64. The number of para-hydroxylation sites is 2. The van der Waals surface area contributed by atoms with Crippen molar-refractivity contribution in [1.29, 1.82) is 0 Å². The van der Waals surface area contributed by atoms with Crippen LogP contribution in [0.15, 0.2) is 61.2 Å². The molecule has 4 aromatic heterocycles. The molecule has 0 amide bonds. The first-order valence-electron chi connectivity index (χ1n) is 24.5. The second-order valence-electron chi connectivity index (χ2n) is 17.5. The van der Waals surface area contributed by atoms with Crippen molar-refractivity contribution in [2.75, 3.05) is 81.3 Å². The molecule has 2 fully saturated rings. The monoisotopic (exact) mass is 1090 g/mol. The summed E-state index contributed by atoms with van der Waals surface area (Å²) in [5.41, 5.74) is 2.65. The molecular weight excluding hydrogens is 1030 g/mol. The van der Waals surface area contributed by atoms with Gasteiger partial charge in [-0.3, -0.25) is 9.13 Å². The van der Waals surface area contributed by atoms with Crippen molar-refractivity contribution in [3.8, 4) is 34.4 Å². The van der Waals surface area contributed by atoms with Crippen molar-refractivity contribution in [2.24, 2.45) is 0 Å². The van der Waals surface area contributed by atoms with Crippen molar-refractivity contribution in [1.82, 2.24) is 49.5 Å². The smallest absolute Gasteiger partial charge is 0.169 e. The maximum absolute atomic E-state index is 13.8. The molecule has 0 aliphatic carbocycles. The zero-order chi connectivity index (χ0) is 54.6. The van der Waals surface area contributed by atoms with E-state index in [-0.39, 0.29) is 24.9 Å². The van der Waals surface area contributed by atoms with Gasteiger partial charge in [0.2, 0.25) is 0 Å². The van der Waals surface area contributed by atoms with E-state index in [2.05, 4.69) is 40.3 Å². The van der Waals surface area contributed by atoms with Gasteiger partial charge >= 0.3 is 0 Å². The van der Waals surface area contributed by atoms with Gasteiger partial charge in [0.05, 0.1) is 78.6 Å². The first-order chi connectivity index (χ1) is 36.6. The van der Waals surface area contributed by atoms with E-state index in [0.29, 0.717) is 97.3 Å². The van der Waals surface area contributed by atoms with Gasteiger partial charge in [0.15, 0.2) is 54.6 Å². The van der Waals surface area contributed by atoms with E-state index in [1.807, 2.05) is 13.8 Å². The molecule has 0 spiro atoms. The van der Waals surface area contributed by atoms with Crippen molar-refractivity contribution < 1.29 is 64.2 Å². The van der Waals surface area contributed by atoms with E-state index in [4.69, 9.17) is 47.4 Å². The predicted octanol–water partition coefficient (Wildman–Crippen LogP) is 5.10. The molecule has 24 nitrogen and oxygen atoms in total. The van der Waals surface area contributed by atoms with Gasteiger partial charge in [-0.15, -0.1) is 20.4 Å². The number of ether oxygens (including phenoxy) is 10. The minimum absolute atomic E-state index is 0.170. The summed E-state index contributed by atoms with van der Waals surface area (Å²) in [5, 5.41) is 15.3. The Morgan fingerprint density at radius 3 is 1.18 bits per heavy atom. The fraction of sp³-hybridized carbons (Fsp3) is 0.520. The van der Waals surface area contributed by atoms with Crippen LogP contribution in [0.1, 0.15) is 98.2 Å². The lowest BCUT2D eigenvalue weighted by atomic mass is 10.2. The molecule has 76 heavy (non-hydrogen) atoms. The lowest BCUT2D eigenvalue weighted by molar-refractivity contribution is -0.0942. The standard InChI is InChI=1S/2C25H33N5O7S/c2*1-6-36-23(24-26-12-16(2)13-27-24)17(3)38(31,32)15-21-28-29-25(20-14-35-10-11-37-20)30(21)22-18(33-4)8-7-9-19(22)34-5/h2*7-9,12-13,17,20,23H,6,10-11,14-15H2,1-5H3/t17-,20+,23-;17-,20-,23-/m00/s1. The summed E-state index contributed by atoms with van der Waals surface area (Å²) in [6.07, 6.45) is 3.70. The van der Waals surface area contributed by atoms with Crippen LogP contribution in [0, 0.1) is 13.8 Å². The molecule has 0 bridgehead atoms. The summed E-state index contributed by atoms with van der Waals surface area (Å²) in [6.45, 7) is 13.2. The molecular formula is C50H66N10O14S2. The molecule has 0 radical (unpaired) electrons. The van der Waals surface area contributed by atoms with Crippen LogP contribution in [0.25, 0.3) is 11.4 Å². The lowest BCUT2D eigenvalue weighted by Gasteiger charge is -2.25. The zero-order valence-electron chi connectivity index (χ0n) is 44.3. The molecule has 0 saturated carbocycles. The summed E-state index contributed by atoms with van der Waals surface area (Å²) in [7, 11) is -1.63. The van der Waals surface area contributed by atoms with E-state index in [0.717, 1.165) is 11.1 Å². The molecule has 6 atom stereocenters. The van der Waals surface area contributed by atoms with E-state index in [9.17, 15) is 16.8 Å². The van der Waals surface area contributed by atoms with Crippen LogP contribution in [0.5, 0.6) is 23.0 Å². The predicted molar refractivity (Wildman–Crippen MR) is 274 cm³/mol. The summed E-state index contributed by atoms with van der Waals surface area (Å²) >= 11 is 0. The molecule has 6 aromatic rings. The van der Waals surface area contributed by atoms with Gasteiger partial charge in [0, 0.05) is 38.0 Å². The van der Waals surface area contributed by atoms with Gasteiger partial charge in [-0.1, -0.05) is 12.1 Å². The number of hydrogen-bond donors (Lipinski definition) is 0. The second-order valence-corrected chi connectivity index (χ2v) is 22.2. The molecule has 26 heteroatoms. The van der Waals surface area contributed by atoms with E-state index >= 15 is 0 Å². The van der Waals surface area contributed by atoms with E-state index in [1.54, 1.807) is 98.0 Å². The first-order valence-corrected chi connectivity index (χ1v) is 28.0. The SMILES string of the molecule is CCO[C@H](c1ncc(C)cn1)[C@H](C)S(=O)(=O)Cc1nnc([C@@H]2COCCO2)n1-c1c(OC)cccc1OC.CCO[C@H](c1ncc(C)cn1)[C@H](C)S(=O)(=O)Cc1nnc([C@H]2COCCO2)n1-c1c(OC)cccc1OC. The Labute approximate surface area is 442 Å². The molecule has 412 valence electrons. The second kappa shape index (κ2) is 26.2. The van der Waals surface area contributed by atoms with Crippen molar-refractivity contribution in [2.45, 2.75) is 88.0 Å². The topological polar surface area (TPSA) is 274 Å². The molecule has 2 aliphatic rings. The van der Waals surface area contributed by atoms with Crippen molar-refractivity contribution >= 4 is 19.7 Å². The Bertz CT molecular complexity index is 2810. The Hall–Kier alpha value is -6.26. The van der Waals surface area contributed by atoms with Crippen LogP contribution in [0.2, 0.25) is 0 Å². The molecule has 0 N–H and O–H groups in total. The van der Waals surface area contributed by atoms with Gasteiger partial charge in [0.1, 0.15) is 70.3 Å². The van der Waals surface area contributed by atoms with Crippen LogP contribution in [0.3, 0.4) is 0 Å². The normalized spacial score (nSPS) is 17.7. The highest BCUT2D eigenvalue weighted by Gasteiger charge is 2.39. The molecule has 2 saturated heterocycles. The Balaban J connectivity index is 0.000000221. The third-order valence-corrected chi connectivity index (χ3v) is 16.5. The molecule has 0 unspecified atom stereocenters. The van der Waals surface area contributed by atoms with Crippen LogP contribution in [-0.2, 0) is 59.6 Å². The molecule has 8 rings (SSSR count). The fourth-order valence-electron chi connectivity index (χ4n) is 8.43. The third-order valence-electron chi connectivity index (χ3n) is 12.4. The van der Waals surface area contributed by atoms with Gasteiger partial charge < -0.3 is 47.4 Å². The van der Waals surface area contributed by atoms with Crippen molar-refractivity contribution in [3.05, 3.63) is 107 Å². The number of benzene rings is 2. The Kier molecular flexibility index (Phi) is 19.8. The molecule has 6 heterocycles. The van der Waals surface area contributed by atoms with Gasteiger partial charge in [-0.2, -0.15) is 0 Å². The maximum Gasteiger partial charge on any atom is 0.169 e. The summed E-state index contributed by atoms with van der Waals surface area (Å²) in [4.78, 5) is 17.3. The fourth-order valence-corrected chi connectivity index (χ4v) is 11.2. The largest absolute Gasteiger partial charge is 0.494 e. The number of nitrogens with zero attached hydrogens (tertiary/aromatic N) is 10. The summed E-state index contributed by atoms with van der Waals surface area (Å²) < 4.78 is 115. The molecule has 2 aromatic carbocycles. The number of aryl methyl sites for hydroxylation is 2. The van der Waals surface area contributed by atoms with Gasteiger partial charge in [-0.05, 0) is 76.9 Å². The average Bonchev–Trinajstić information content (AvgIpc) is 4.06. The van der Waals surface area contributed by atoms with Crippen LogP contribution >= 0.6 is 0 Å². The van der Waals surface area contributed by atoms with E-state index < -0.39 is 66.1 Å².